The molecule has 0 saturated heterocycles. The van der Waals surface area contributed by atoms with Crippen molar-refractivity contribution in [2.75, 3.05) is 0 Å². The molecule has 1 N–H and O–H groups in total. The number of hydrazone groups is 1. The van der Waals surface area contributed by atoms with Crippen LogP contribution < -0.4 is 11.0 Å². The standard InChI is InChI=1S/C27H20ClN5O2/c1-17-11-12-19-14-20(25(28)30-23(19)13-17)15-29-31-26(34)24-21-9-5-6-10-22(21)27(35)33(32-24)16-18-7-3-2-4-8-18/h2-15H,16H2,1H3,(H,31,34). The van der Waals surface area contributed by atoms with Crippen molar-refractivity contribution < 1.29 is 4.79 Å². The van der Waals surface area contributed by atoms with E-state index in [1.807, 2.05) is 61.5 Å². The fourth-order valence-electron chi connectivity index (χ4n) is 3.84. The lowest BCUT2D eigenvalue weighted by molar-refractivity contribution is 0.0949. The Hall–Kier alpha value is -4.36. The van der Waals surface area contributed by atoms with Crippen LogP contribution in [0.3, 0.4) is 0 Å². The van der Waals surface area contributed by atoms with Crippen LogP contribution in [0.2, 0.25) is 5.15 Å². The van der Waals surface area contributed by atoms with Crippen molar-refractivity contribution in [2.24, 2.45) is 5.10 Å². The van der Waals surface area contributed by atoms with Crippen LogP contribution in [-0.2, 0) is 6.54 Å². The summed E-state index contributed by atoms with van der Waals surface area (Å²) in [5.41, 5.74) is 5.67. The molecule has 1 amide bonds. The zero-order valence-electron chi connectivity index (χ0n) is 18.8. The van der Waals surface area contributed by atoms with Crippen molar-refractivity contribution in [3.05, 3.63) is 117 Å². The van der Waals surface area contributed by atoms with E-state index in [0.717, 1.165) is 22.0 Å². The van der Waals surface area contributed by atoms with Crippen molar-refractivity contribution >= 4 is 45.4 Å². The summed E-state index contributed by atoms with van der Waals surface area (Å²) in [4.78, 5) is 30.4. The van der Waals surface area contributed by atoms with E-state index in [-0.39, 0.29) is 23.0 Å². The highest BCUT2D eigenvalue weighted by Gasteiger charge is 2.16. The second-order valence-corrected chi connectivity index (χ2v) is 8.46. The Morgan fingerprint density at radius 3 is 2.57 bits per heavy atom. The first kappa shape index (κ1) is 22.4. The van der Waals surface area contributed by atoms with Gasteiger partial charge in [-0.15, -0.1) is 0 Å². The third-order valence-electron chi connectivity index (χ3n) is 5.58. The van der Waals surface area contributed by atoms with Crippen molar-refractivity contribution in [2.45, 2.75) is 13.5 Å². The number of aryl methyl sites for hydroxylation is 1. The second kappa shape index (κ2) is 9.48. The van der Waals surface area contributed by atoms with Crippen LogP contribution in [0.5, 0.6) is 0 Å². The van der Waals surface area contributed by atoms with Crippen LogP contribution in [0, 0.1) is 6.92 Å². The van der Waals surface area contributed by atoms with Gasteiger partial charge in [-0.1, -0.05) is 72.3 Å². The number of carbonyl (C=O) groups excluding carboxylic acids is 1. The normalized spacial score (nSPS) is 11.4. The molecule has 0 radical (unpaired) electrons. The Labute approximate surface area is 205 Å². The van der Waals surface area contributed by atoms with Gasteiger partial charge in [0.25, 0.3) is 11.5 Å². The lowest BCUT2D eigenvalue weighted by Gasteiger charge is -2.10. The predicted molar refractivity (Wildman–Crippen MR) is 138 cm³/mol. The molecule has 0 unspecified atom stereocenters. The van der Waals surface area contributed by atoms with E-state index in [4.69, 9.17) is 11.6 Å². The van der Waals surface area contributed by atoms with E-state index in [2.05, 4.69) is 20.6 Å². The molecule has 0 aliphatic heterocycles. The van der Waals surface area contributed by atoms with E-state index >= 15 is 0 Å². The number of nitrogens with zero attached hydrogens (tertiary/aromatic N) is 4. The summed E-state index contributed by atoms with van der Waals surface area (Å²) in [6, 6.07) is 24.1. The summed E-state index contributed by atoms with van der Waals surface area (Å²) >= 11 is 6.32. The number of halogens is 1. The number of benzene rings is 3. The highest BCUT2D eigenvalue weighted by Crippen LogP contribution is 2.20. The topological polar surface area (TPSA) is 89.2 Å². The molecule has 5 rings (SSSR count). The number of hydrogen-bond donors (Lipinski definition) is 1. The van der Waals surface area contributed by atoms with Crippen molar-refractivity contribution in [1.82, 2.24) is 20.2 Å². The maximum absolute atomic E-state index is 13.0. The lowest BCUT2D eigenvalue weighted by atomic mass is 10.1. The van der Waals surface area contributed by atoms with Gasteiger partial charge in [-0.2, -0.15) is 10.2 Å². The molecule has 0 bridgehead atoms. The van der Waals surface area contributed by atoms with Crippen LogP contribution >= 0.6 is 11.6 Å². The number of nitrogens with one attached hydrogen (secondary N) is 1. The van der Waals surface area contributed by atoms with Gasteiger partial charge in [0.05, 0.1) is 23.7 Å². The van der Waals surface area contributed by atoms with Gasteiger partial charge in [0.1, 0.15) is 5.15 Å². The Bertz CT molecular complexity index is 1660. The molecule has 172 valence electrons. The van der Waals surface area contributed by atoms with E-state index in [1.54, 1.807) is 24.3 Å². The van der Waals surface area contributed by atoms with Gasteiger partial charge in [-0.25, -0.2) is 15.1 Å². The number of aromatic nitrogens is 3. The third kappa shape index (κ3) is 4.67. The zero-order chi connectivity index (χ0) is 24.4. The number of fused-ring (bicyclic) bond motifs is 2. The molecular weight excluding hydrogens is 462 g/mol. The minimum atomic E-state index is -0.542. The minimum absolute atomic E-state index is 0.103. The molecule has 3 aromatic carbocycles. The number of rotatable bonds is 5. The molecule has 0 spiro atoms. The van der Waals surface area contributed by atoms with E-state index in [0.29, 0.717) is 16.3 Å². The Morgan fingerprint density at radius 1 is 1.03 bits per heavy atom. The van der Waals surface area contributed by atoms with Crippen LogP contribution in [0.1, 0.15) is 27.2 Å². The Kier molecular flexibility index (Phi) is 6.08. The summed E-state index contributed by atoms with van der Waals surface area (Å²) in [5, 5.41) is 10.5. The molecule has 0 aliphatic carbocycles. The first-order valence-corrected chi connectivity index (χ1v) is 11.3. The molecule has 0 atom stereocenters. The van der Waals surface area contributed by atoms with E-state index in [9.17, 15) is 9.59 Å². The molecule has 2 aromatic heterocycles. The van der Waals surface area contributed by atoms with Crippen LogP contribution in [0.4, 0.5) is 0 Å². The summed E-state index contributed by atoms with van der Waals surface area (Å²) in [6.07, 6.45) is 1.44. The molecule has 0 aliphatic rings. The average Bonchev–Trinajstić information content (AvgIpc) is 2.86. The quantitative estimate of drug-likeness (QED) is 0.223. The van der Waals surface area contributed by atoms with Gasteiger partial charge in [-0.05, 0) is 36.2 Å². The largest absolute Gasteiger partial charge is 0.292 e. The fourth-order valence-corrected chi connectivity index (χ4v) is 4.03. The Balaban J connectivity index is 1.46. The zero-order valence-corrected chi connectivity index (χ0v) is 19.5. The molecule has 0 saturated carbocycles. The molecule has 35 heavy (non-hydrogen) atoms. The maximum atomic E-state index is 13.0. The molecule has 5 aromatic rings. The minimum Gasteiger partial charge on any atom is -0.267 e. The number of amides is 1. The van der Waals surface area contributed by atoms with Gasteiger partial charge in [0.2, 0.25) is 0 Å². The van der Waals surface area contributed by atoms with Crippen LogP contribution in [0.15, 0.2) is 88.8 Å². The fraction of sp³-hybridized carbons (Fsp3) is 0.0741. The van der Waals surface area contributed by atoms with E-state index < -0.39 is 5.91 Å². The van der Waals surface area contributed by atoms with E-state index in [1.165, 1.54) is 10.9 Å². The summed E-state index contributed by atoms with van der Waals surface area (Å²) in [7, 11) is 0. The third-order valence-corrected chi connectivity index (χ3v) is 5.88. The first-order chi connectivity index (χ1) is 17.0. The van der Waals surface area contributed by atoms with Crippen LogP contribution in [0.25, 0.3) is 21.7 Å². The average molecular weight is 482 g/mol. The highest BCUT2D eigenvalue weighted by atomic mass is 35.5. The van der Waals surface area contributed by atoms with Crippen LogP contribution in [-0.4, -0.2) is 26.9 Å². The predicted octanol–water partition coefficient (Wildman–Crippen LogP) is 4.72. The molecule has 0 fully saturated rings. The van der Waals surface area contributed by atoms with Gasteiger partial charge >= 0.3 is 0 Å². The summed E-state index contributed by atoms with van der Waals surface area (Å²) < 4.78 is 1.29. The van der Waals surface area contributed by atoms with Gasteiger partial charge in [0, 0.05) is 16.3 Å². The molecule has 7 nitrogen and oxygen atoms in total. The molecule has 2 heterocycles. The SMILES string of the molecule is Cc1ccc2cc(C=NNC(=O)c3nn(Cc4ccccc4)c(=O)c4ccccc34)c(Cl)nc2c1. The number of pyridine rings is 1. The van der Waals surface area contributed by atoms with Gasteiger partial charge in [-0.3, -0.25) is 9.59 Å². The Morgan fingerprint density at radius 2 is 1.77 bits per heavy atom. The molecule has 8 heteroatoms. The van der Waals surface area contributed by atoms with Crippen molar-refractivity contribution in [3.63, 3.8) is 0 Å². The van der Waals surface area contributed by atoms with Gasteiger partial charge < -0.3 is 0 Å². The summed E-state index contributed by atoms with van der Waals surface area (Å²) in [6.45, 7) is 2.23. The monoisotopic (exact) mass is 481 g/mol. The highest BCUT2D eigenvalue weighted by molar-refractivity contribution is 6.32. The van der Waals surface area contributed by atoms with Gasteiger partial charge in [0.15, 0.2) is 5.69 Å². The van der Waals surface area contributed by atoms with Crippen molar-refractivity contribution in [3.8, 4) is 0 Å². The second-order valence-electron chi connectivity index (χ2n) is 8.11. The van der Waals surface area contributed by atoms with Crippen molar-refractivity contribution in [1.29, 1.82) is 0 Å². The summed E-state index contributed by atoms with van der Waals surface area (Å²) in [5.74, 6) is -0.542. The lowest BCUT2D eigenvalue weighted by Crippen LogP contribution is -2.29. The maximum Gasteiger partial charge on any atom is 0.292 e. The number of hydrogen-bond acceptors (Lipinski definition) is 5. The smallest absolute Gasteiger partial charge is 0.267 e. The first-order valence-electron chi connectivity index (χ1n) is 10.9. The molecular formula is C27H20ClN5O2. The number of carbonyl (C=O) groups is 1.